The highest BCUT2D eigenvalue weighted by molar-refractivity contribution is 5.34. The lowest BCUT2D eigenvalue weighted by molar-refractivity contribution is 0.554. The number of halogens is 1. The van der Waals surface area contributed by atoms with Crippen molar-refractivity contribution in [1.82, 2.24) is 10.3 Å². The van der Waals surface area contributed by atoms with E-state index in [0.29, 0.717) is 5.56 Å². The molecular weight excluding hydrogens is 251 g/mol. The van der Waals surface area contributed by atoms with Gasteiger partial charge in [0, 0.05) is 11.8 Å². The minimum atomic E-state index is -0.264. The Bertz CT molecular complexity index is 554. The first-order valence-corrected chi connectivity index (χ1v) is 7.17. The van der Waals surface area contributed by atoms with Crippen molar-refractivity contribution in [1.29, 1.82) is 0 Å². The second kappa shape index (κ2) is 7.15. The van der Waals surface area contributed by atoms with Gasteiger partial charge in [-0.2, -0.15) is 0 Å². The zero-order chi connectivity index (χ0) is 14.4. The van der Waals surface area contributed by atoms with Gasteiger partial charge < -0.3 is 5.32 Å². The van der Waals surface area contributed by atoms with E-state index in [2.05, 4.69) is 29.4 Å². The molecule has 2 rings (SSSR count). The summed E-state index contributed by atoms with van der Waals surface area (Å²) >= 11 is 0. The second-order valence-electron chi connectivity index (χ2n) is 4.88. The van der Waals surface area contributed by atoms with Crippen molar-refractivity contribution in [3.63, 3.8) is 0 Å². The summed E-state index contributed by atoms with van der Waals surface area (Å²) in [5.41, 5.74) is 3.04. The monoisotopic (exact) mass is 272 g/mol. The number of aromatic nitrogens is 1. The molecule has 1 heterocycles. The van der Waals surface area contributed by atoms with Gasteiger partial charge in [0.2, 0.25) is 0 Å². The van der Waals surface area contributed by atoms with Gasteiger partial charge in [-0.05, 0) is 30.2 Å². The van der Waals surface area contributed by atoms with Crippen molar-refractivity contribution in [2.75, 3.05) is 6.54 Å². The summed E-state index contributed by atoms with van der Waals surface area (Å²) in [6.45, 7) is 4.98. The van der Waals surface area contributed by atoms with Crippen LogP contribution in [0.15, 0.2) is 42.7 Å². The molecule has 1 unspecified atom stereocenters. The van der Waals surface area contributed by atoms with Gasteiger partial charge in [0.05, 0.1) is 12.2 Å². The van der Waals surface area contributed by atoms with Crippen molar-refractivity contribution < 1.29 is 4.39 Å². The highest BCUT2D eigenvalue weighted by atomic mass is 19.1. The van der Waals surface area contributed by atoms with Crippen LogP contribution >= 0.6 is 0 Å². The zero-order valence-corrected chi connectivity index (χ0v) is 12.1. The number of benzene rings is 1. The Morgan fingerprint density at radius 2 is 2.10 bits per heavy atom. The van der Waals surface area contributed by atoms with Gasteiger partial charge in [0.15, 0.2) is 0 Å². The highest BCUT2D eigenvalue weighted by Crippen LogP contribution is 2.24. The Balaban J connectivity index is 2.38. The zero-order valence-electron chi connectivity index (χ0n) is 12.1. The minimum Gasteiger partial charge on any atom is -0.306 e. The maximum absolute atomic E-state index is 14.0. The number of nitrogens with zero attached hydrogens (tertiary/aromatic N) is 1. The largest absolute Gasteiger partial charge is 0.306 e. The molecule has 1 N–H and O–H groups in total. The van der Waals surface area contributed by atoms with Gasteiger partial charge in [-0.1, -0.05) is 44.5 Å². The first-order valence-electron chi connectivity index (χ1n) is 7.17. The average molecular weight is 272 g/mol. The molecule has 0 radical (unpaired) electrons. The van der Waals surface area contributed by atoms with Crippen LogP contribution in [-0.2, 0) is 6.42 Å². The Hall–Kier alpha value is -1.74. The van der Waals surface area contributed by atoms with Gasteiger partial charge >= 0.3 is 0 Å². The van der Waals surface area contributed by atoms with E-state index in [1.165, 1.54) is 11.8 Å². The molecule has 0 amide bonds. The smallest absolute Gasteiger partial charge is 0.146 e. The molecule has 0 aliphatic heterocycles. The number of aryl methyl sites for hydroxylation is 1. The average Bonchev–Trinajstić information content (AvgIpc) is 2.46. The number of nitrogens with one attached hydrogen (secondary N) is 1. The fourth-order valence-electron chi connectivity index (χ4n) is 2.45. The standard InChI is InChI=1S/C17H21FN2/c1-3-6-13-7-5-8-14(11-13)17(20-4-2)15-9-10-19-12-16(15)18/h5,7-12,17,20H,3-4,6H2,1-2H3. The number of rotatable bonds is 6. The van der Waals surface area contributed by atoms with Crippen LogP contribution < -0.4 is 5.32 Å². The first kappa shape index (κ1) is 14.7. The van der Waals surface area contributed by atoms with Crippen molar-refractivity contribution in [2.45, 2.75) is 32.7 Å². The van der Waals surface area contributed by atoms with Crippen LogP contribution in [0.3, 0.4) is 0 Å². The maximum atomic E-state index is 14.0. The lowest BCUT2D eigenvalue weighted by atomic mass is 9.96. The van der Waals surface area contributed by atoms with Gasteiger partial charge in [-0.15, -0.1) is 0 Å². The first-order chi connectivity index (χ1) is 9.76. The topological polar surface area (TPSA) is 24.9 Å². The molecule has 20 heavy (non-hydrogen) atoms. The van der Waals surface area contributed by atoms with Gasteiger partial charge in [-0.3, -0.25) is 4.98 Å². The van der Waals surface area contributed by atoms with Crippen LogP contribution in [0.1, 0.15) is 43.0 Å². The minimum absolute atomic E-state index is 0.125. The summed E-state index contributed by atoms with van der Waals surface area (Å²) < 4.78 is 14.0. The number of hydrogen-bond acceptors (Lipinski definition) is 2. The van der Waals surface area contributed by atoms with Crippen LogP contribution in [0.2, 0.25) is 0 Å². The molecular formula is C17H21FN2. The fourth-order valence-corrected chi connectivity index (χ4v) is 2.45. The summed E-state index contributed by atoms with van der Waals surface area (Å²) in [5, 5.41) is 3.36. The van der Waals surface area contributed by atoms with E-state index in [4.69, 9.17) is 0 Å². The molecule has 0 fully saturated rings. The molecule has 106 valence electrons. The SMILES string of the molecule is CCCc1cccc(C(NCC)c2ccncc2F)c1. The maximum Gasteiger partial charge on any atom is 0.146 e. The predicted octanol–water partition coefficient (Wildman–Crippen LogP) is 3.87. The third-order valence-electron chi connectivity index (χ3n) is 3.35. The van der Waals surface area contributed by atoms with Crippen molar-refractivity contribution in [3.05, 3.63) is 65.2 Å². The van der Waals surface area contributed by atoms with Crippen LogP contribution in [0.5, 0.6) is 0 Å². The molecule has 0 saturated carbocycles. The molecule has 0 saturated heterocycles. The van der Waals surface area contributed by atoms with E-state index < -0.39 is 0 Å². The van der Waals surface area contributed by atoms with E-state index in [-0.39, 0.29) is 11.9 Å². The Morgan fingerprint density at radius 3 is 2.80 bits per heavy atom. The molecule has 0 aliphatic carbocycles. The van der Waals surface area contributed by atoms with Crippen LogP contribution in [0.25, 0.3) is 0 Å². The van der Waals surface area contributed by atoms with Gasteiger partial charge in [0.25, 0.3) is 0 Å². The van der Waals surface area contributed by atoms with Gasteiger partial charge in [-0.25, -0.2) is 4.39 Å². The lowest BCUT2D eigenvalue weighted by Crippen LogP contribution is -2.23. The number of pyridine rings is 1. The molecule has 0 spiro atoms. The summed E-state index contributed by atoms with van der Waals surface area (Å²) in [4.78, 5) is 3.83. The van der Waals surface area contributed by atoms with Crippen LogP contribution in [0, 0.1) is 5.82 Å². The quantitative estimate of drug-likeness (QED) is 0.863. The Morgan fingerprint density at radius 1 is 1.25 bits per heavy atom. The van der Waals surface area contributed by atoms with Crippen molar-refractivity contribution in [2.24, 2.45) is 0 Å². The Kier molecular flexibility index (Phi) is 5.24. The summed E-state index contributed by atoms with van der Waals surface area (Å²) in [6, 6.07) is 10.0. The summed E-state index contributed by atoms with van der Waals surface area (Å²) in [6.07, 6.45) is 5.07. The molecule has 1 aromatic carbocycles. The summed E-state index contributed by atoms with van der Waals surface area (Å²) in [7, 11) is 0. The molecule has 3 heteroatoms. The third-order valence-corrected chi connectivity index (χ3v) is 3.35. The molecule has 0 aliphatic rings. The Labute approximate surface area is 120 Å². The molecule has 2 nitrogen and oxygen atoms in total. The van der Waals surface area contributed by atoms with Crippen molar-refractivity contribution in [3.8, 4) is 0 Å². The van der Waals surface area contributed by atoms with E-state index in [9.17, 15) is 4.39 Å². The van der Waals surface area contributed by atoms with E-state index >= 15 is 0 Å². The summed E-state index contributed by atoms with van der Waals surface area (Å²) in [5.74, 6) is -0.264. The van der Waals surface area contributed by atoms with Gasteiger partial charge in [0.1, 0.15) is 5.82 Å². The highest BCUT2D eigenvalue weighted by Gasteiger charge is 2.17. The van der Waals surface area contributed by atoms with Crippen molar-refractivity contribution >= 4 is 0 Å². The molecule has 0 bridgehead atoms. The van der Waals surface area contributed by atoms with Crippen LogP contribution in [-0.4, -0.2) is 11.5 Å². The van der Waals surface area contributed by atoms with E-state index in [1.807, 2.05) is 19.1 Å². The third kappa shape index (κ3) is 3.42. The lowest BCUT2D eigenvalue weighted by Gasteiger charge is -2.20. The molecule has 1 atom stereocenters. The van der Waals surface area contributed by atoms with E-state index in [1.54, 1.807) is 12.3 Å². The molecule has 1 aromatic heterocycles. The molecule has 2 aromatic rings. The van der Waals surface area contributed by atoms with Crippen LogP contribution in [0.4, 0.5) is 4.39 Å². The number of hydrogen-bond donors (Lipinski definition) is 1. The van der Waals surface area contributed by atoms with E-state index in [0.717, 1.165) is 24.9 Å². The normalized spacial score (nSPS) is 12.3. The predicted molar refractivity (Wildman–Crippen MR) is 80.2 cm³/mol. The second-order valence-corrected chi connectivity index (χ2v) is 4.88. The fraction of sp³-hybridized carbons (Fsp3) is 0.353.